The van der Waals surface area contributed by atoms with E-state index in [-0.39, 0.29) is 16.8 Å². The maximum absolute atomic E-state index is 13.0. The average Bonchev–Trinajstić information content (AvgIpc) is 2.69. The lowest BCUT2D eigenvalue weighted by molar-refractivity contribution is -0.385. The van der Waals surface area contributed by atoms with E-state index in [1.807, 2.05) is 0 Å². The Bertz CT molecular complexity index is 973. The number of carboxylic acids is 1. The molecule has 0 spiro atoms. The van der Waals surface area contributed by atoms with Gasteiger partial charge in [0.15, 0.2) is 11.5 Å². The third kappa shape index (κ3) is 3.00. The van der Waals surface area contributed by atoms with Gasteiger partial charge in [0.05, 0.1) is 25.2 Å². The van der Waals surface area contributed by atoms with E-state index < -0.39 is 28.8 Å². The number of nitro groups is 1. The molecule has 9 nitrogen and oxygen atoms in total. The van der Waals surface area contributed by atoms with E-state index >= 15 is 0 Å². The Morgan fingerprint density at radius 2 is 1.82 bits per heavy atom. The van der Waals surface area contributed by atoms with Crippen molar-refractivity contribution in [1.29, 1.82) is 0 Å². The number of rotatable bonds is 5. The second-order valence-corrected chi connectivity index (χ2v) is 6.32. The lowest BCUT2D eigenvalue weighted by Crippen LogP contribution is -2.42. The highest BCUT2D eigenvalue weighted by molar-refractivity contribution is 6.01. The second-order valence-electron chi connectivity index (χ2n) is 6.32. The molecule has 0 saturated heterocycles. The maximum Gasteiger partial charge on any atom is 0.313 e. The molecule has 0 aromatic heterocycles. The van der Waals surface area contributed by atoms with E-state index in [0.29, 0.717) is 17.1 Å². The van der Waals surface area contributed by atoms with Crippen LogP contribution in [0, 0.1) is 10.1 Å². The number of methoxy groups -OCH3 is 2. The number of aliphatic carboxylic acids is 1. The van der Waals surface area contributed by atoms with Gasteiger partial charge in [0.25, 0.3) is 11.6 Å². The molecule has 9 heteroatoms. The molecular formula is C19H18N2O7. The Morgan fingerprint density at radius 1 is 1.18 bits per heavy atom. The highest BCUT2D eigenvalue weighted by Crippen LogP contribution is 2.45. The van der Waals surface area contributed by atoms with Gasteiger partial charge in [-0.15, -0.1) is 0 Å². The molecule has 2 atom stereocenters. The molecule has 1 aliphatic heterocycles. The van der Waals surface area contributed by atoms with Gasteiger partial charge >= 0.3 is 5.97 Å². The number of carbonyl (C=O) groups excluding carboxylic acids is 1. The molecule has 0 unspecified atom stereocenters. The van der Waals surface area contributed by atoms with E-state index in [0.717, 1.165) is 0 Å². The number of hydrogen-bond donors (Lipinski definition) is 1. The van der Waals surface area contributed by atoms with Gasteiger partial charge in [-0.05, 0) is 23.3 Å². The van der Waals surface area contributed by atoms with Crippen LogP contribution in [0.3, 0.4) is 0 Å². The molecule has 0 saturated carbocycles. The number of carbonyl (C=O) groups is 2. The average molecular weight is 386 g/mol. The van der Waals surface area contributed by atoms with Crippen molar-refractivity contribution in [2.45, 2.75) is 12.0 Å². The lowest BCUT2D eigenvalue weighted by atomic mass is 9.79. The Labute approximate surface area is 160 Å². The first-order valence-corrected chi connectivity index (χ1v) is 8.30. The van der Waals surface area contributed by atoms with Crippen LogP contribution in [0.4, 0.5) is 5.69 Å². The molecule has 3 rings (SSSR count). The molecule has 1 aliphatic rings. The van der Waals surface area contributed by atoms with Crippen LogP contribution in [0.25, 0.3) is 0 Å². The fourth-order valence-corrected chi connectivity index (χ4v) is 3.55. The zero-order valence-corrected chi connectivity index (χ0v) is 15.4. The number of hydrogen-bond acceptors (Lipinski definition) is 6. The predicted octanol–water partition coefficient (Wildman–Crippen LogP) is 2.61. The van der Waals surface area contributed by atoms with E-state index in [9.17, 15) is 24.8 Å². The zero-order chi connectivity index (χ0) is 20.6. The highest BCUT2D eigenvalue weighted by atomic mass is 16.6. The Balaban J connectivity index is 2.24. The minimum Gasteiger partial charge on any atom is -0.493 e. The Morgan fingerprint density at radius 3 is 2.39 bits per heavy atom. The number of amides is 1. The zero-order valence-electron chi connectivity index (χ0n) is 15.4. The summed E-state index contributed by atoms with van der Waals surface area (Å²) in [6.45, 7) is 0. The fourth-order valence-electron chi connectivity index (χ4n) is 3.55. The van der Waals surface area contributed by atoms with Gasteiger partial charge in [-0.1, -0.05) is 12.1 Å². The molecule has 1 amide bonds. The van der Waals surface area contributed by atoms with Crippen molar-refractivity contribution in [3.63, 3.8) is 0 Å². The molecular weight excluding hydrogens is 368 g/mol. The number of fused-ring (bicyclic) bond motifs is 1. The monoisotopic (exact) mass is 386 g/mol. The molecule has 1 N–H and O–H groups in total. The summed E-state index contributed by atoms with van der Waals surface area (Å²) >= 11 is 0. The van der Waals surface area contributed by atoms with Crippen molar-refractivity contribution in [2.24, 2.45) is 0 Å². The molecule has 0 fully saturated rings. The quantitative estimate of drug-likeness (QED) is 0.619. The summed E-state index contributed by atoms with van der Waals surface area (Å²) in [6.07, 6.45) is 0. The summed E-state index contributed by atoms with van der Waals surface area (Å²) in [6, 6.07) is 7.64. The molecule has 0 bridgehead atoms. The SMILES string of the molecule is COc1cc2c(cc1OC)[C@H](C(=O)O)[C@H](c1cccc([N+](=O)[O-])c1)N(C)C2=O. The smallest absolute Gasteiger partial charge is 0.313 e. The number of benzene rings is 2. The van der Waals surface area contributed by atoms with Gasteiger partial charge in [-0.25, -0.2) is 0 Å². The number of nitro benzene ring substituents is 1. The standard InChI is InChI=1S/C19H18N2O7/c1-20-17(10-5-4-6-11(7-10)21(25)26)16(19(23)24)12-8-14(27-2)15(28-3)9-13(12)18(20)22/h4-9,16-17H,1-3H3,(H,23,24)/t16-,17-/m0/s1. The van der Waals surface area contributed by atoms with Crippen molar-refractivity contribution < 1.29 is 29.1 Å². The van der Waals surface area contributed by atoms with E-state index in [4.69, 9.17) is 9.47 Å². The number of non-ortho nitro benzene ring substituents is 1. The summed E-state index contributed by atoms with van der Waals surface area (Å²) in [5.74, 6) is -2.11. The Kier molecular flexibility index (Phi) is 4.91. The van der Waals surface area contributed by atoms with Gasteiger partial charge < -0.3 is 19.5 Å². The van der Waals surface area contributed by atoms with Gasteiger partial charge in [0.2, 0.25) is 0 Å². The van der Waals surface area contributed by atoms with Crippen LogP contribution in [0.1, 0.15) is 33.4 Å². The molecule has 2 aromatic rings. The van der Waals surface area contributed by atoms with E-state index in [1.54, 1.807) is 6.07 Å². The molecule has 0 radical (unpaired) electrons. The minimum absolute atomic E-state index is 0.180. The summed E-state index contributed by atoms with van der Waals surface area (Å²) in [5.41, 5.74) is 0.637. The normalized spacial score (nSPS) is 18.4. The molecule has 146 valence electrons. The molecule has 1 heterocycles. The first-order valence-electron chi connectivity index (χ1n) is 8.30. The third-order valence-electron chi connectivity index (χ3n) is 4.86. The van der Waals surface area contributed by atoms with E-state index in [2.05, 4.69) is 0 Å². The van der Waals surface area contributed by atoms with Gasteiger partial charge in [-0.3, -0.25) is 19.7 Å². The van der Waals surface area contributed by atoms with Crippen molar-refractivity contribution in [1.82, 2.24) is 4.90 Å². The maximum atomic E-state index is 13.0. The molecule has 28 heavy (non-hydrogen) atoms. The summed E-state index contributed by atoms with van der Waals surface area (Å²) in [7, 11) is 4.30. The summed E-state index contributed by atoms with van der Waals surface area (Å²) < 4.78 is 10.5. The minimum atomic E-state index is -1.16. The summed E-state index contributed by atoms with van der Waals surface area (Å²) in [5, 5.41) is 21.1. The fraction of sp³-hybridized carbons (Fsp3) is 0.263. The number of ether oxygens (including phenoxy) is 2. The van der Waals surface area contributed by atoms with E-state index in [1.165, 1.54) is 56.5 Å². The van der Waals surface area contributed by atoms with Gasteiger partial charge in [-0.2, -0.15) is 0 Å². The van der Waals surface area contributed by atoms with Crippen LogP contribution in [0.2, 0.25) is 0 Å². The molecule has 0 aliphatic carbocycles. The largest absolute Gasteiger partial charge is 0.493 e. The molecule has 2 aromatic carbocycles. The van der Waals surface area contributed by atoms with Crippen LogP contribution < -0.4 is 9.47 Å². The van der Waals surface area contributed by atoms with Crippen LogP contribution >= 0.6 is 0 Å². The number of nitrogens with zero attached hydrogens (tertiary/aromatic N) is 2. The van der Waals surface area contributed by atoms with Crippen LogP contribution in [-0.4, -0.2) is 48.1 Å². The highest BCUT2D eigenvalue weighted by Gasteiger charge is 2.44. The van der Waals surface area contributed by atoms with Crippen molar-refractivity contribution in [3.05, 3.63) is 63.2 Å². The number of carboxylic acid groups (broad SMARTS) is 1. The van der Waals surface area contributed by atoms with Crippen molar-refractivity contribution in [3.8, 4) is 11.5 Å². The summed E-state index contributed by atoms with van der Waals surface area (Å²) in [4.78, 5) is 37.0. The number of likely N-dealkylation sites (N-methyl/N-ethyl adjacent to an activating group) is 1. The second kappa shape index (κ2) is 7.18. The van der Waals surface area contributed by atoms with Crippen molar-refractivity contribution in [2.75, 3.05) is 21.3 Å². The Hall–Kier alpha value is -3.62. The van der Waals surface area contributed by atoms with Crippen LogP contribution in [0.15, 0.2) is 36.4 Å². The lowest BCUT2D eigenvalue weighted by Gasteiger charge is -2.38. The van der Waals surface area contributed by atoms with Gasteiger partial charge in [0.1, 0.15) is 5.92 Å². The first-order chi connectivity index (χ1) is 13.3. The third-order valence-corrected chi connectivity index (χ3v) is 4.86. The van der Waals surface area contributed by atoms with Crippen LogP contribution in [-0.2, 0) is 4.79 Å². The van der Waals surface area contributed by atoms with Crippen LogP contribution in [0.5, 0.6) is 11.5 Å². The topological polar surface area (TPSA) is 119 Å². The van der Waals surface area contributed by atoms with Gasteiger partial charge in [0, 0.05) is 24.7 Å². The first kappa shape index (κ1) is 19.2. The predicted molar refractivity (Wildman–Crippen MR) is 97.9 cm³/mol. The van der Waals surface area contributed by atoms with Crippen molar-refractivity contribution >= 4 is 17.6 Å².